The van der Waals surface area contributed by atoms with E-state index in [-0.39, 0.29) is 0 Å². The maximum absolute atomic E-state index is 10.1. The van der Waals surface area contributed by atoms with Crippen LogP contribution in [0.4, 0.5) is 0 Å². The van der Waals surface area contributed by atoms with Gasteiger partial charge in [-0.2, -0.15) is 0 Å². The van der Waals surface area contributed by atoms with Gasteiger partial charge in [-0.3, -0.25) is 4.57 Å². The van der Waals surface area contributed by atoms with Crippen molar-refractivity contribution in [1.82, 2.24) is 0 Å². The van der Waals surface area contributed by atoms with Gasteiger partial charge < -0.3 is 9.79 Å². The van der Waals surface area contributed by atoms with E-state index in [1.165, 1.54) is 0 Å². The summed E-state index contributed by atoms with van der Waals surface area (Å²) in [6.07, 6.45) is 0. The number of sulfone groups is 1. The first kappa shape index (κ1) is 14.8. The lowest BCUT2D eigenvalue weighted by Gasteiger charge is -1.87. The third-order valence-electron chi connectivity index (χ3n) is 0.702. The average molecular weight is 226 g/mol. The van der Waals surface area contributed by atoms with Crippen LogP contribution < -0.4 is 0 Å². The minimum atomic E-state index is -3.88. The Kier molecular flexibility index (Phi) is 6.70. The predicted octanol–water partition coefficient (Wildman–Crippen LogP) is 0.996. The van der Waals surface area contributed by atoms with Crippen molar-refractivity contribution in [3.05, 3.63) is 36.4 Å². The SMILES string of the molecule is C=CP(=O)(O)O.C=CS(=O)(=O)C=C. The largest absolute Gasteiger partial charge is 0.348 e. The second-order valence-electron chi connectivity index (χ2n) is 1.69. The molecule has 0 aliphatic heterocycles. The number of hydrogen-bond donors (Lipinski definition) is 2. The molecule has 0 aliphatic carbocycles. The van der Waals surface area contributed by atoms with Crippen LogP contribution in [0.15, 0.2) is 36.4 Å². The first-order valence-electron chi connectivity index (χ1n) is 2.87. The second-order valence-corrected chi connectivity index (χ2v) is 5.08. The molecule has 0 unspecified atom stereocenters. The van der Waals surface area contributed by atoms with Crippen LogP contribution in [0.3, 0.4) is 0 Å². The molecule has 0 fully saturated rings. The lowest BCUT2D eigenvalue weighted by Crippen LogP contribution is -1.83. The van der Waals surface area contributed by atoms with E-state index in [0.717, 1.165) is 10.8 Å². The summed E-state index contributed by atoms with van der Waals surface area (Å²) in [5, 5.41) is 1.69. The first-order chi connectivity index (χ1) is 5.68. The highest BCUT2D eigenvalue weighted by molar-refractivity contribution is 7.97. The van der Waals surface area contributed by atoms with Crippen molar-refractivity contribution in [2.75, 3.05) is 0 Å². The van der Waals surface area contributed by atoms with Crippen LogP contribution in [0.2, 0.25) is 0 Å². The Morgan fingerprint density at radius 2 is 1.31 bits per heavy atom. The van der Waals surface area contributed by atoms with Gasteiger partial charge in [-0.1, -0.05) is 19.7 Å². The molecule has 0 aromatic rings. The fourth-order valence-electron chi connectivity index (χ4n) is 0.0680. The Bertz CT molecular complexity index is 309. The van der Waals surface area contributed by atoms with Gasteiger partial charge in [-0.25, -0.2) is 8.42 Å². The molecule has 0 bridgehead atoms. The fraction of sp³-hybridized carbons (Fsp3) is 0. The summed E-state index contributed by atoms with van der Waals surface area (Å²) in [5.74, 6) is 0.604. The van der Waals surface area contributed by atoms with Gasteiger partial charge >= 0.3 is 7.60 Å². The topological polar surface area (TPSA) is 91.7 Å². The van der Waals surface area contributed by atoms with Crippen LogP contribution in [-0.2, 0) is 14.4 Å². The van der Waals surface area contributed by atoms with Crippen molar-refractivity contribution in [1.29, 1.82) is 0 Å². The molecule has 5 nitrogen and oxygen atoms in total. The van der Waals surface area contributed by atoms with Crippen LogP contribution >= 0.6 is 7.60 Å². The predicted molar refractivity (Wildman–Crippen MR) is 51.6 cm³/mol. The monoisotopic (exact) mass is 226 g/mol. The molecule has 7 heteroatoms. The minimum Gasteiger partial charge on any atom is -0.321 e. The Labute approximate surface area is 77.2 Å². The summed E-state index contributed by atoms with van der Waals surface area (Å²) >= 11 is 0. The Morgan fingerprint density at radius 3 is 1.31 bits per heavy atom. The van der Waals surface area contributed by atoms with E-state index in [9.17, 15) is 13.0 Å². The first-order valence-corrected chi connectivity index (χ1v) is 6.16. The molecule has 0 atom stereocenters. The molecule has 0 amide bonds. The van der Waals surface area contributed by atoms with Crippen molar-refractivity contribution in [3.8, 4) is 0 Å². The van der Waals surface area contributed by atoms with Gasteiger partial charge in [0.15, 0.2) is 9.84 Å². The highest BCUT2D eigenvalue weighted by atomic mass is 32.2. The summed E-state index contributed by atoms with van der Waals surface area (Å²) in [4.78, 5) is 15.6. The van der Waals surface area contributed by atoms with Crippen molar-refractivity contribution in [2.24, 2.45) is 0 Å². The second kappa shape index (κ2) is 5.88. The highest BCUT2D eigenvalue weighted by Crippen LogP contribution is 2.34. The Morgan fingerprint density at radius 1 is 1.08 bits per heavy atom. The summed E-state index contributed by atoms with van der Waals surface area (Å²) in [6.45, 7) is 8.96. The van der Waals surface area contributed by atoms with E-state index < -0.39 is 17.4 Å². The lowest BCUT2D eigenvalue weighted by molar-refractivity contribution is 0.386. The third-order valence-corrected chi connectivity index (χ3v) is 2.11. The molecule has 0 rings (SSSR count). The van der Waals surface area contributed by atoms with Crippen molar-refractivity contribution in [2.45, 2.75) is 0 Å². The molecule has 0 aromatic carbocycles. The van der Waals surface area contributed by atoms with Gasteiger partial charge in [-0.05, 0) is 0 Å². The summed E-state index contributed by atoms with van der Waals surface area (Å²) in [7, 11) is -7.01. The maximum Gasteiger partial charge on any atom is 0.348 e. The smallest absolute Gasteiger partial charge is 0.321 e. The quantitative estimate of drug-likeness (QED) is 0.700. The van der Waals surface area contributed by atoms with E-state index in [0.29, 0.717) is 5.82 Å². The average Bonchev–Trinajstić information content (AvgIpc) is 2.04. The lowest BCUT2D eigenvalue weighted by atomic mass is 11.3. The van der Waals surface area contributed by atoms with E-state index in [1.54, 1.807) is 0 Å². The van der Waals surface area contributed by atoms with Crippen LogP contribution in [-0.4, -0.2) is 18.2 Å². The maximum atomic E-state index is 10.1. The summed E-state index contributed by atoms with van der Waals surface area (Å²) < 4.78 is 29.8. The summed E-state index contributed by atoms with van der Waals surface area (Å²) in [6, 6.07) is 0. The molecule has 0 saturated carbocycles. The molecular weight excluding hydrogens is 215 g/mol. The molecule has 0 saturated heterocycles. The molecule has 0 aliphatic rings. The van der Waals surface area contributed by atoms with Crippen LogP contribution in [0.25, 0.3) is 0 Å². The number of hydrogen-bond acceptors (Lipinski definition) is 3. The van der Waals surface area contributed by atoms with Gasteiger partial charge in [0.2, 0.25) is 0 Å². The van der Waals surface area contributed by atoms with Gasteiger partial charge in [0, 0.05) is 16.6 Å². The van der Waals surface area contributed by atoms with Crippen molar-refractivity contribution in [3.63, 3.8) is 0 Å². The van der Waals surface area contributed by atoms with Gasteiger partial charge in [0.1, 0.15) is 0 Å². The molecule has 13 heavy (non-hydrogen) atoms. The number of rotatable bonds is 3. The Hall–Kier alpha value is -0.680. The van der Waals surface area contributed by atoms with E-state index in [1.807, 2.05) is 0 Å². The van der Waals surface area contributed by atoms with Crippen LogP contribution in [0.1, 0.15) is 0 Å². The van der Waals surface area contributed by atoms with Crippen molar-refractivity contribution >= 4 is 17.4 Å². The van der Waals surface area contributed by atoms with E-state index in [2.05, 4.69) is 19.7 Å². The summed E-state index contributed by atoms with van der Waals surface area (Å²) in [5.41, 5.74) is 0. The zero-order valence-corrected chi connectivity index (χ0v) is 8.54. The fourth-order valence-corrected chi connectivity index (χ4v) is 0.204. The van der Waals surface area contributed by atoms with Crippen LogP contribution in [0, 0.1) is 0 Å². The standard InChI is InChI=1S/C4H6O2S.C2H5O3P/c1-3-7(5,6)4-2;1-2-6(3,4)5/h3-4H,1-2H2;2H,1H2,(H2,3,4,5). The molecule has 76 valence electrons. The van der Waals surface area contributed by atoms with E-state index in [4.69, 9.17) is 9.79 Å². The Balaban J connectivity index is 0. The molecule has 0 aromatic heterocycles. The van der Waals surface area contributed by atoms with E-state index >= 15 is 0 Å². The van der Waals surface area contributed by atoms with Gasteiger partial charge in [0.25, 0.3) is 0 Å². The molecule has 0 spiro atoms. The van der Waals surface area contributed by atoms with Gasteiger partial charge in [0.05, 0.1) is 0 Å². The van der Waals surface area contributed by atoms with Crippen LogP contribution in [0.5, 0.6) is 0 Å². The normalized spacial score (nSPS) is 10.6. The minimum absolute atomic E-state index is 0.604. The zero-order valence-electron chi connectivity index (χ0n) is 6.83. The molecule has 2 N–H and O–H groups in total. The molecule has 0 heterocycles. The molecular formula is C6H11O5PS. The van der Waals surface area contributed by atoms with Gasteiger partial charge in [-0.15, -0.1) is 0 Å². The van der Waals surface area contributed by atoms with Crippen molar-refractivity contribution < 1.29 is 22.8 Å². The third kappa shape index (κ3) is 14.2. The molecule has 0 radical (unpaired) electrons. The highest BCUT2D eigenvalue weighted by Gasteiger charge is 2.01. The zero-order chi connectivity index (χ0) is 11.1.